The quantitative estimate of drug-likeness (QED) is 0.901. The zero-order valence-corrected chi connectivity index (χ0v) is 13.8. The Hall–Kier alpha value is -0.970. The predicted octanol–water partition coefficient (Wildman–Crippen LogP) is 2.43. The second-order valence-electron chi connectivity index (χ2n) is 6.92. The largest absolute Gasteiger partial charge is 0.309 e. The highest BCUT2D eigenvalue weighted by molar-refractivity contribution is 5.34. The maximum Gasteiger partial charge on any atom is 0.123 e. The average molecular weight is 305 g/mol. The van der Waals surface area contributed by atoms with Gasteiger partial charge in [0, 0.05) is 25.2 Å². The lowest BCUT2D eigenvalue weighted by Crippen LogP contribution is -2.44. The fourth-order valence-corrected chi connectivity index (χ4v) is 3.84. The fraction of sp³-hybridized carbons (Fsp3) is 0.667. The first kappa shape index (κ1) is 15.9. The van der Waals surface area contributed by atoms with Gasteiger partial charge in [0.25, 0.3) is 0 Å². The Morgan fingerprint density at radius 2 is 2.00 bits per heavy atom. The molecule has 1 unspecified atom stereocenters. The van der Waals surface area contributed by atoms with Crippen molar-refractivity contribution in [2.24, 2.45) is 0 Å². The molecule has 122 valence electrons. The number of aryl methyl sites for hydroxylation is 1. The van der Waals surface area contributed by atoms with Gasteiger partial charge in [0.2, 0.25) is 0 Å². The average Bonchev–Trinajstić information content (AvgIpc) is 2.90. The van der Waals surface area contributed by atoms with Crippen molar-refractivity contribution in [3.05, 3.63) is 35.1 Å². The third-order valence-electron chi connectivity index (χ3n) is 5.29. The Kier molecular flexibility index (Phi) is 5.11. The SMILES string of the molecule is CN(C)C1CCN(CCNC2CCc3ccc(F)cc32)CC1. The van der Waals surface area contributed by atoms with E-state index in [-0.39, 0.29) is 5.82 Å². The second kappa shape index (κ2) is 7.07. The summed E-state index contributed by atoms with van der Waals surface area (Å²) in [7, 11) is 4.36. The summed E-state index contributed by atoms with van der Waals surface area (Å²) in [4.78, 5) is 4.90. The molecular weight excluding hydrogens is 277 g/mol. The molecule has 0 amide bonds. The van der Waals surface area contributed by atoms with Gasteiger partial charge in [-0.05, 0) is 76.1 Å². The maximum atomic E-state index is 13.4. The summed E-state index contributed by atoms with van der Waals surface area (Å²) in [6.07, 6.45) is 4.71. The summed E-state index contributed by atoms with van der Waals surface area (Å²) in [5, 5.41) is 3.63. The molecule has 1 atom stereocenters. The summed E-state index contributed by atoms with van der Waals surface area (Å²) in [6.45, 7) is 4.48. The lowest BCUT2D eigenvalue weighted by Gasteiger charge is -2.35. The van der Waals surface area contributed by atoms with Crippen molar-refractivity contribution in [3.63, 3.8) is 0 Å². The van der Waals surface area contributed by atoms with Gasteiger partial charge in [-0.1, -0.05) is 6.07 Å². The minimum absolute atomic E-state index is 0.113. The van der Waals surface area contributed by atoms with Crippen molar-refractivity contribution in [1.29, 1.82) is 0 Å². The van der Waals surface area contributed by atoms with Gasteiger partial charge in [-0.25, -0.2) is 4.39 Å². The third-order valence-corrected chi connectivity index (χ3v) is 5.29. The number of fused-ring (bicyclic) bond motifs is 1. The van der Waals surface area contributed by atoms with Crippen molar-refractivity contribution < 1.29 is 4.39 Å². The zero-order valence-electron chi connectivity index (χ0n) is 13.8. The highest BCUT2D eigenvalue weighted by Gasteiger charge is 2.23. The molecule has 2 aliphatic rings. The smallest absolute Gasteiger partial charge is 0.123 e. The van der Waals surface area contributed by atoms with E-state index in [4.69, 9.17) is 0 Å². The molecule has 0 bridgehead atoms. The van der Waals surface area contributed by atoms with Crippen LogP contribution in [0.2, 0.25) is 0 Å². The highest BCUT2D eigenvalue weighted by Crippen LogP contribution is 2.31. The molecule has 1 fully saturated rings. The number of hydrogen-bond acceptors (Lipinski definition) is 3. The normalized spacial score (nSPS) is 23.2. The molecule has 1 aliphatic heterocycles. The van der Waals surface area contributed by atoms with E-state index in [1.165, 1.54) is 37.1 Å². The van der Waals surface area contributed by atoms with Crippen molar-refractivity contribution in [2.45, 2.75) is 37.8 Å². The Balaban J connectivity index is 1.43. The first-order valence-corrected chi connectivity index (χ1v) is 8.54. The Bertz CT molecular complexity index is 495. The zero-order chi connectivity index (χ0) is 15.5. The van der Waals surface area contributed by atoms with E-state index in [1.807, 2.05) is 6.07 Å². The van der Waals surface area contributed by atoms with Gasteiger partial charge in [0.15, 0.2) is 0 Å². The number of piperidine rings is 1. The van der Waals surface area contributed by atoms with E-state index in [0.717, 1.165) is 32.0 Å². The number of halogens is 1. The van der Waals surface area contributed by atoms with Gasteiger partial charge in [0.05, 0.1) is 0 Å². The lowest BCUT2D eigenvalue weighted by atomic mass is 10.0. The molecule has 3 rings (SSSR count). The molecule has 1 N–H and O–H groups in total. The molecule has 0 radical (unpaired) electrons. The molecule has 4 heteroatoms. The van der Waals surface area contributed by atoms with Crippen LogP contribution in [-0.4, -0.2) is 56.1 Å². The van der Waals surface area contributed by atoms with Gasteiger partial charge in [-0.15, -0.1) is 0 Å². The van der Waals surface area contributed by atoms with Crippen LogP contribution in [0.25, 0.3) is 0 Å². The summed E-state index contributed by atoms with van der Waals surface area (Å²) < 4.78 is 13.4. The second-order valence-corrected chi connectivity index (χ2v) is 6.92. The maximum absolute atomic E-state index is 13.4. The van der Waals surface area contributed by atoms with E-state index in [2.05, 4.69) is 29.2 Å². The molecule has 1 aromatic rings. The summed E-state index contributed by atoms with van der Waals surface area (Å²) >= 11 is 0. The van der Waals surface area contributed by atoms with E-state index in [0.29, 0.717) is 6.04 Å². The molecule has 1 aromatic carbocycles. The Labute approximate surface area is 133 Å². The lowest BCUT2D eigenvalue weighted by molar-refractivity contribution is 0.144. The standard InChI is InChI=1S/C18H28FN3/c1-21(2)16-7-10-22(11-8-16)12-9-20-18-6-4-14-3-5-15(19)13-17(14)18/h3,5,13,16,18,20H,4,6-12H2,1-2H3. The first-order valence-electron chi connectivity index (χ1n) is 8.54. The molecule has 0 spiro atoms. The Morgan fingerprint density at radius 3 is 2.73 bits per heavy atom. The summed E-state index contributed by atoms with van der Waals surface area (Å²) in [5.74, 6) is -0.113. The Morgan fingerprint density at radius 1 is 1.23 bits per heavy atom. The monoisotopic (exact) mass is 305 g/mol. The number of rotatable bonds is 5. The van der Waals surface area contributed by atoms with Gasteiger partial charge in [-0.2, -0.15) is 0 Å². The molecular formula is C18H28FN3. The minimum Gasteiger partial charge on any atom is -0.309 e. The van der Waals surface area contributed by atoms with Gasteiger partial charge >= 0.3 is 0 Å². The molecule has 3 nitrogen and oxygen atoms in total. The van der Waals surface area contributed by atoms with Crippen LogP contribution in [0.1, 0.15) is 36.4 Å². The van der Waals surface area contributed by atoms with Crippen LogP contribution < -0.4 is 5.32 Å². The highest BCUT2D eigenvalue weighted by atomic mass is 19.1. The van der Waals surface area contributed by atoms with Crippen LogP contribution in [-0.2, 0) is 6.42 Å². The van der Waals surface area contributed by atoms with Crippen molar-refractivity contribution in [2.75, 3.05) is 40.3 Å². The van der Waals surface area contributed by atoms with Crippen LogP contribution in [0.4, 0.5) is 4.39 Å². The topological polar surface area (TPSA) is 18.5 Å². The summed E-state index contributed by atoms with van der Waals surface area (Å²) in [6, 6.07) is 6.32. The number of nitrogens with zero attached hydrogens (tertiary/aromatic N) is 2. The molecule has 0 aromatic heterocycles. The fourth-order valence-electron chi connectivity index (χ4n) is 3.84. The van der Waals surface area contributed by atoms with Gasteiger partial charge in [-0.3, -0.25) is 0 Å². The third kappa shape index (κ3) is 3.67. The van der Waals surface area contributed by atoms with E-state index in [9.17, 15) is 4.39 Å². The number of benzene rings is 1. The molecule has 1 aliphatic carbocycles. The van der Waals surface area contributed by atoms with Crippen LogP contribution in [0, 0.1) is 5.82 Å². The van der Waals surface area contributed by atoms with Crippen molar-refractivity contribution in [1.82, 2.24) is 15.1 Å². The van der Waals surface area contributed by atoms with Crippen LogP contribution in [0.3, 0.4) is 0 Å². The first-order chi connectivity index (χ1) is 10.6. The summed E-state index contributed by atoms with van der Waals surface area (Å²) in [5.41, 5.74) is 2.48. The minimum atomic E-state index is -0.113. The van der Waals surface area contributed by atoms with Crippen molar-refractivity contribution in [3.8, 4) is 0 Å². The van der Waals surface area contributed by atoms with Crippen molar-refractivity contribution >= 4 is 0 Å². The predicted molar refractivity (Wildman–Crippen MR) is 88.6 cm³/mol. The van der Waals surface area contributed by atoms with Gasteiger partial charge < -0.3 is 15.1 Å². The van der Waals surface area contributed by atoms with E-state index >= 15 is 0 Å². The van der Waals surface area contributed by atoms with Crippen LogP contribution in [0.5, 0.6) is 0 Å². The molecule has 1 heterocycles. The van der Waals surface area contributed by atoms with Crippen LogP contribution in [0.15, 0.2) is 18.2 Å². The molecule has 1 saturated heterocycles. The number of nitrogens with one attached hydrogen (secondary N) is 1. The number of likely N-dealkylation sites (tertiary alicyclic amines) is 1. The number of hydrogen-bond donors (Lipinski definition) is 1. The van der Waals surface area contributed by atoms with E-state index < -0.39 is 0 Å². The molecule has 22 heavy (non-hydrogen) atoms. The van der Waals surface area contributed by atoms with Gasteiger partial charge in [0.1, 0.15) is 5.82 Å². The van der Waals surface area contributed by atoms with E-state index in [1.54, 1.807) is 12.1 Å². The van der Waals surface area contributed by atoms with Crippen LogP contribution >= 0.6 is 0 Å². The molecule has 0 saturated carbocycles.